The van der Waals surface area contributed by atoms with Gasteiger partial charge in [0.15, 0.2) is 6.61 Å². The Morgan fingerprint density at radius 3 is 2.63 bits per heavy atom. The minimum Gasteiger partial charge on any atom is -0.452 e. The number of rotatable bonds is 6. The van der Waals surface area contributed by atoms with Gasteiger partial charge < -0.3 is 10.1 Å². The monoisotopic (exact) mass is 416 g/mol. The Morgan fingerprint density at radius 1 is 1.26 bits per heavy atom. The predicted octanol–water partition coefficient (Wildman–Crippen LogP) is 2.35. The van der Waals surface area contributed by atoms with E-state index in [0.717, 1.165) is 25.3 Å². The van der Waals surface area contributed by atoms with E-state index in [1.165, 1.54) is 19.2 Å². The summed E-state index contributed by atoms with van der Waals surface area (Å²) >= 11 is 5.89. The number of carbonyl (C=O) groups is 2. The van der Waals surface area contributed by atoms with E-state index >= 15 is 0 Å². The molecule has 0 saturated heterocycles. The van der Waals surface area contributed by atoms with Crippen molar-refractivity contribution in [2.45, 2.75) is 44.0 Å². The van der Waals surface area contributed by atoms with Gasteiger partial charge in [-0.3, -0.25) is 4.79 Å². The van der Waals surface area contributed by atoms with E-state index in [0.29, 0.717) is 11.8 Å². The molecule has 0 heterocycles. The van der Waals surface area contributed by atoms with Crippen molar-refractivity contribution in [3.8, 4) is 0 Å². The molecule has 1 saturated carbocycles. The Bertz CT molecular complexity index is 812. The molecule has 1 aliphatic carbocycles. The van der Waals surface area contributed by atoms with E-state index in [9.17, 15) is 18.0 Å². The topological polar surface area (TPSA) is 102 Å². The minimum atomic E-state index is -3.82. The molecule has 1 aliphatic rings. The fraction of sp³-hybridized carbons (Fsp3) is 0.556. The zero-order valence-electron chi connectivity index (χ0n) is 15.6. The molecule has 0 unspecified atom stereocenters. The summed E-state index contributed by atoms with van der Waals surface area (Å²) < 4.78 is 31.0. The average Bonchev–Trinajstić information content (AvgIpc) is 2.63. The molecule has 1 aromatic carbocycles. The van der Waals surface area contributed by atoms with Crippen molar-refractivity contribution < 1.29 is 22.7 Å². The van der Waals surface area contributed by atoms with Crippen LogP contribution in [0.5, 0.6) is 0 Å². The number of ether oxygens (including phenoxy) is 1. The molecule has 2 rings (SSSR count). The van der Waals surface area contributed by atoms with Crippen LogP contribution in [-0.2, 0) is 19.6 Å². The van der Waals surface area contributed by atoms with Crippen molar-refractivity contribution in [2.75, 3.05) is 13.7 Å². The molecule has 0 spiro atoms. The van der Waals surface area contributed by atoms with Crippen LogP contribution in [0.4, 0.5) is 0 Å². The van der Waals surface area contributed by atoms with Crippen LogP contribution in [0.1, 0.15) is 43.5 Å². The number of nitrogens with one attached hydrogen (secondary N) is 2. The largest absolute Gasteiger partial charge is 0.452 e. The van der Waals surface area contributed by atoms with E-state index < -0.39 is 22.6 Å². The van der Waals surface area contributed by atoms with E-state index in [-0.39, 0.29) is 27.4 Å². The lowest BCUT2D eigenvalue weighted by Crippen LogP contribution is -2.45. The quantitative estimate of drug-likeness (QED) is 0.693. The van der Waals surface area contributed by atoms with Gasteiger partial charge in [-0.25, -0.2) is 17.9 Å². The molecule has 1 aromatic rings. The second kappa shape index (κ2) is 9.03. The van der Waals surface area contributed by atoms with Gasteiger partial charge in [0, 0.05) is 6.04 Å². The van der Waals surface area contributed by atoms with Crippen LogP contribution in [0.2, 0.25) is 5.02 Å². The molecule has 0 bridgehead atoms. The highest BCUT2D eigenvalue weighted by Gasteiger charge is 2.28. The van der Waals surface area contributed by atoms with Gasteiger partial charge in [-0.2, -0.15) is 0 Å². The summed E-state index contributed by atoms with van der Waals surface area (Å²) in [7, 11) is -2.57. The number of benzene rings is 1. The third-order valence-corrected chi connectivity index (χ3v) is 7.01. The molecular formula is C18H25ClN2O5S. The molecule has 2 N–H and O–H groups in total. The van der Waals surface area contributed by atoms with Crippen molar-refractivity contribution in [1.82, 2.24) is 10.0 Å². The number of carbonyl (C=O) groups excluding carboxylic acids is 2. The fourth-order valence-electron chi connectivity index (χ4n) is 3.19. The minimum absolute atomic E-state index is 0.000631. The van der Waals surface area contributed by atoms with Gasteiger partial charge in [-0.05, 0) is 43.5 Å². The SMILES string of the molecule is CNS(=O)(=O)c1cc(C(=O)OCC(=O)N[C@@H]2CCC[C@@H](C)[C@H]2C)ccc1Cl. The Hall–Kier alpha value is -1.64. The summed E-state index contributed by atoms with van der Waals surface area (Å²) in [6.07, 6.45) is 3.12. The lowest BCUT2D eigenvalue weighted by molar-refractivity contribution is -0.125. The lowest BCUT2D eigenvalue weighted by Gasteiger charge is -2.34. The van der Waals surface area contributed by atoms with Crippen LogP contribution in [0.25, 0.3) is 0 Å². The van der Waals surface area contributed by atoms with Gasteiger partial charge in [0.25, 0.3) is 5.91 Å². The first-order valence-corrected chi connectivity index (χ1v) is 10.7. The number of amides is 1. The fourth-order valence-corrected chi connectivity index (χ4v) is 4.44. The maximum Gasteiger partial charge on any atom is 0.338 e. The first-order chi connectivity index (χ1) is 12.7. The third-order valence-electron chi connectivity index (χ3n) is 5.11. The number of esters is 1. The van der Waals surface area contributed by atoms with Crippen molar-refractivity contribution >= 4 is 33.5 Å². The van der Waals surface area contributed by atoms with E-state index in [1.807, 2.05) is 0 Å². The zero-order valence-corrected chi connectivity index (χ0v) is 17.2. The average molecular weight is 417 g/mol. The number of sulfonamides is 1. The van der Waals surface area contributed by atoms with Gasteiger partial charge in [0.1, 0.15) is 4.90 Å². The van der Waals surface area contributed by atoms with Crippen LogP contribution in [0.15, 0.2) is 23.1 Å². The first-order valence-electron chi connectivity index (χ1n) is 8.85. The second-order valence-electron chi connectivity index (χ2n) is 6.87. The highest BCUT2D eigenvalue weighted by Crippen LogP contribution is 2.29. The predicted molar refractivity (Wildman–Crippen MR) is 102 cm³/mol. The third kappa shape index (κ3) is 5.43. The molecular weight excluding hydrogens is 392 g/mol. The van der Waals surface area contributed by atoms with Gasteiger partial charge >= 0.3 is 5.97 Å². The van der Waals surface area contributed by atoms with Gasteiger partial charge in [-0.15, -0.1) is 0 Å². The van der Waals surface area contributed by atoms with E-state index in [1.54, 1.807) is 0 Å². The smallest absolute Gasteiger partial charge is 0.338 e. The maximum absolute atomic E-state index is 12.2. The van der Waals surface area contributed by atoms with Crippen LogP contribution in [0, 0.1) is 11.8 Å². The molecule has 0 aliphatic heterocycles. The number of halogens is 1. The Kier molecular flexibility index (Phi) is 7.25. The highest BCUT2D eigenvalue weighted by atomic mass is 35.5. The summed E-state index contributed by atoms with van der Waals surface area (Å²) in [4.78, 5) is 24.1. The van der Waals surface area contributed by atoms with E-state index in [2.05, 4.69) is 23.9 Å². The van der Waals surface area contributed by atoms with Crippen LogP contribution < -0.4 is 10.0 Å². The van der Waals surface area contributed by atoms with Crippen LogP contribution in [0.3, 0.4) is 0 Å². The Balaban J connectivity index is 1.97. The summed E-state index contributed by atoms with van der Waals surface area (Å²) in [6.45, 7) is 3.85. The molecule has 150 valence electrons. The summed E-state index contributed by atoms with van der Waals surface area (Å²) in [5.41, 5.74) is 0.000631. The molecule has 1 fully saturated rings. The van der Waals surface area contributed by atoms with E-state index in [4.69, 9.17) is 16.3 Å². The molecule has 9 heteroatoms. The molecule has 7 nitrogen and oxygen atoms in total. The Labute approximate surface area is 164 Å². The highest BCUT2D eigenvalue weighted by molar-refractivity contribution is 7.89. The summed E-state index contributed by atoms with van der Waals surface area (Å²) in [5.74, 6) is -0.261. The zero-order chi connectivity index (χ0) is 20.2. The van der Waals surface area contributed by atoms with Gasteiger partial charge in [-0.1, -0.05) is 38.3 Å². The molecule has 1 amide bonds. The van der Waals surface area contributed by atoms with Gasteiger partial charge in [0.2, 0.25) is 10.0 Å². The van der Waals surface area contributed by atoms with Crippen molar-refractivity contribution in [1.29, 1.82) is 0 Å². The van der Waals surface area contributed by atoms with Crippen LogP contribution >= 0.6 is 11.6 Å². The molecule has 0 aromatic heterocycles. The maximum atomic E-state index is 12.2. The molecule has 3 atom stereocenters. The number of hydrogen-bond donors (Lipinski definition) is 2. The summed E-state index contributed by atoms with van der Waals surface area (Å²) in [5, 5.41) is 2.90. The second-order valence-corrected chi connectivity index (χ2v) is 9.13. The number of hydrogen-bond acceptors (Lipinski definition) is 5. The van der Waals surface area contributed by atoms with Crippen molar-refractivity contribution in [3.05, 3.63) is 28.8 Å². The van der Waals surface area contributed by atoms with Crippen molar-refractivity contribution in [2.24, 2.45) is 11.8 Å². The molecule has 0 radical (unpaired) electrons. The lowest BCUT2D eigenvalue weighted by atomic mass is 9.78. The standard InChI is InChI=1S/C18H25ClN2O5S/c1-11-5-4-6-15(12(11)2)21-17(22)10-26-18(23)13-7-8-14(19)16(9-13)27(24,25)20-3/h7-9,11-12,15,20H,4-6,10H2,1-3H3,(H,21,22)/t11-,12-,15-/m1/s1. The Morgan fingerprint density at radius 2 is 1.96 bits per heavy atom. The van der Waals surface area contributed by atoms with Crippen molar-refractivity contribution in [3.63, 3.8) is 0 Å². The first kappa shape index (κ1) is 21.7. The normalized spacial score (nSPS) is 22.9. The summed E-state index contributed by atoms with van der Waals surface area (Å²) in [6, 6.07) is 3.84. The molecule has 27 heavy (non-hydrogen) atoms. The van der Waals surface area contributed by atoms with Gasteiger partial charge in [0.05, 0.1) is 10.6 Å². The van der Waals surface area contributed by atoms with Crippen LogP contribution in [-0.4, -0.2) is 40.0 Å².